The van der Waals surface area contributed by atoms with Crippen LogP contribution in [0.5, 0.6) is 0 Å². The van der Waals surface area contributed by atoms with E-state index in [-0.39, 0.29) is 0 Å². The number of furan rings is 1. The Bertz CT molecular complexity index is 3430. The van der Waals surface area contributed by atoms with Crippen molar-refractivity contribution in [2.24, 2.45) is 0 Å². The zero-order chi connectivity index (χ0) is 37.5. The van der Waals surface area contributed by atoms with Gasteiger partial charge in [0.1, 0.15) is 11.2 Å². The minimum absolute atomic E-state index is 0.889. The second kappa shape index (κ2) is 12.5. The smallest absolute Gasteiger partial charge is 0.143 e. The predicted molar refractivity (Wildman–Crippen MR) is 239 cm³/mol. The van der Waals surface area contributed by atoms with Gasteiger partial charge in [-0.15, -0.1) is 0 Å². The Balaban J connectivity index is 0.999. The molecule has 57 heavy (non-hydrogen) atoms. The average Bonchev–Trinajstić information content (AvgIpc) is 3.94. The fraction of sp³-hybridized carbons (Fsp3) is 0. The lowest BCUT2D eigenvalue weighted by Gasteiger charge is -2.13. The van der Waals surface area contributed by atoms with Crippen molar-refractivity contribution in [3.8, 4) is 44.8 Å². The minimum Gasteiger partial charge on any atom is -0.455 e. The molecule has 3 aromatic heterocycles. The molecule has 266 valence electrons. The number of benzene rings is 9. The van der Waals surface area contributed by atoms with Gasteiger partial charge in [0.15, 0.2) is 0 Å². The van der Waals surface area contributed by atoms with Crippen LogP contribution in [-0.2, 0) is 0 Å². The molecule has 0 atom stereocenters. The molecule has 0 fully saturated rings. The summed E-state index contributed by atoms with van der Waals surface area (Å²) in [5.41, 5.74) is 15.7. The van der Waals surface area contributed by atoms with Gasteiger partial charge in [-0.1, -0.05) is 140 Å². The van der Waals surface area contributed by atoms with Gasteiger partial charge in [0.05, 0.1) is 22.1 Å². The Hall–Kier alpha value is -7.62. The van der Waals surface area contributed by atoms with Crippen LogP contribution in [-0.4, -0.2) is 9.13 Å². The van der Waals surface area contributed by atoms with E-state index in [1.807, 2.05) is 6.07 Å². The molecule has 0 saturated carbocycles. The third kappa shape index (κ3) is 4.92. The highest BCUT2D eigenvalue weighted by atomic mass is 16.3. The monoisotopic (exact) mass is 726 g/mol. The normalized spacial score (nSPS) is 11.9. The van der Waals surface area contributed by atoms with Crippen LogP contribution in [0.2, 0.25) is 0 Å². The fourth-order valence-electron chi connectivity index (χ4n) is 9.13. The van der Waals surface area contributed by atoms with E-state index < -0.39 is 0 Å². The Morgan fingerprint density at radius 1 is 0.281 bits per heavy atom. The molecule has 3 heteroatoms. The van der Waals surface area contributed by atoms with Crippen LogP contribution < -0.4 is 0 Å². The topological polar surface area (TPSA) is 23.0 Å². The first-order valence-electron chi connectivity index (χ1n) is 19.5. The maximum Gasteiger partial charge on any atom is 0.143 e. The number of fused-ring (bicyclic) bond motifs is 9. The summed E-state index contributed by atoms with van der Waals surface area (Å²) < 4.78 is 11.5. The second-order valence-corrected chi connectivity index (χ2v) is 14.9. The van der Waals surface area contributed by atoms with E-state index >= 15 is 0 Å². The van der Waals surface area contributed by atoms with Crippen LogP contribution in [0.15, 0.2) is 211 Å². The third-order valence-electron chi connectivity index (χ3n) is 11.7. The molecule has 0 spiro atoms. The van der Waals surface area contributed by atoms with Crippen molar-refractivity contribution >= 4 is 65.6 Å². The van der Waals surface area contributed by atoms with Crippen LogP contribution in [0, 0.1) is 0 Å². The molecule has 3 nitrogen and oxygen atoms in total. The average molecular weight is 727 g/mol. The Labute approximate surface area is 328 Å². The van der Waals surface area contributed by atoms with E-state index in [4.69, 9.17) is 4.42 Å². The van der Waals surface area contributed by atoms with Gasteiger partial charge in [0, 0.05) is 49.3 Å². The molecule has 3 heterocycles. The summed E-state index contributed by atoms with van der Waals surface area (Å²) in [5, 5.41) is 7.24. The Morgan fingerprint density at radius 3 is 1.26 bits per heavy atom. The van der Waals surface area contributed by atoms with Crippen molar-refractivity contribution < 1.29 is 4.42 Å². The van der Waals surface area contributed by atoms with E-state index in [1.165, 1.54) is 54.7 Å². The molecular formula is C54H34N2O. The van der Waals surface area contributed by atoms with Crippen molar-refractivity contribution in [1.82, 2.24) is 9.13 Å². The maximum atomic E-state index is 6.69. The number of hydrogen-bond donors (Lipinski definition) is 0. The standard InChI is InChI=1S/C54H34N2O/c1-6-25-49-42(20-1)43-21-2-7-26-50(43)55(49)40-19-13-17-38(32-40)36-15-11-14-35(30-36)37-16-12-18-39(31-37)47-33-41(34-48-46-24-5-10-29-53(46)57-54(47)48)56-51-27-8-3-22-44(51)45-23-4-9-28-52(45)56/h1-34H. The van der Waals surface area contributed by atoms with Crippen molar-refractivity contribution in [1.29, 1.82) is 0 Å². The third-order valence-corrected chi connectivity index (χ3v) is 11.7. The molecule has 12 rings (SSSR count). The van der Waals surface area contributed by atoms with Crippen molar-refractivity contribution in [3.63, 3.8) is 0 Å². The summed E-state index contributed by atoms with van der Waals surface area (Å²) in [4.78, 5) is 0. The summed E-state index contributed by atoms with van der Waals surface area (Å²) in [6.45, 7) is 0. The highest BCUT2D eigenvalue weighted by Crippen LogP contribution is 2.42. The number of para-hydroxylation sites is 5. The first-order valence-corrected chi connectivity index (χ1v) is 19.5. The SMILES string of the molecule is c1cc(-c2cccc(-c3cc(-n4c5ccccc5c5ccccc54)cc4c3oc3ccccc34)c2)cc(-c2cccc(-n3c4ccccc4c4ccccc43)c2)c1. The summed E-state index contributed by atoms with van der Waals surface area (Å²) in [7, 11) is 0. The first kappa shape index (κ1) is 31.7. The predicted octanol–water partition coefficient (Wildman–Crippen LogP) is 14.8. The molecule has 0 aliphatic carbocycles. The Morgan fingerprint density at radius 2 is 0.702 bits per heavy atom. The summed E-state index contributed by atoms with van der Waals surface area (Å²) in [5.74, 6) is 0. The molecule has 0 amide bonds. The number of rotatable bonds is 5. The zero-order valence-electron chi connectivity index (χ0n) is 30.9. The molecule has 0 aliphatic rings. The van der Waals surface area contributed by atoms with Gasteiger partial charge >= 0.3 is 0 Å². The van der Waals surface area contributed by atoms with E-state index in [1.54, 1.807) is 0 Å². The number of aromatic nitrogens is 2. The molecule has 0 unspecified atom stereocenters. The van der Waals surface area contributed by atoms with Gasteiger partial charge in [-0.05, 0) is 94.5 Å². The molecule has 0 aliphatic heterocycles. The van der Waals surface area contributed by atoms with Crippen molar-refractivity contribution in [3.05, 3.63) is 206 Å². The quantitative estimate of drug-likeness (QED) is 0.173. The van der Waals surface area contributed by atoms with Crippen LogP contribution in [0.25, 0.3) is 110 Å². The van der Waals surface area contributed by atoms with Crippen LogP contribution in [0.4, 0.5) is 0 Å². The van der Waals surface area contributed by atoms with Crippen LogP contribution >= 0.6 is 0 Å². The molecule has 9 aromatic carbocycles. The zero-order valence-corrected chi connectivity index (χ0v) is 30.9. The van der Waals surface area contributed by atoms with Gasteiger partial charge in [0.25, 0.3) is 0 Å². The summed E-state index contributed by atoms with van der Waals surface area (Å²) in [6.07, 6.45) is 0. The van der Waals surface area contributed by atoms with Crippen molar-refractivity contribution in [2.75, 3.05) is 0 Å². The maximum absolute atomic E-state index is 6.69. The number of hydrogen-bond acceptors (Lipinski definition) is 1. The van der Waals surface area contributed by atoms with E-state index in [2.05, 4.69) is 209 Å². The van der Waals surface area contributed by atoms with Gasteiger partial charge in [-0.2, -0.15) is 0 Å². The van der Waals surface area contributed by atoms with Crippen LogP contribution in [0.3, 0.4) is 0 Å². The van der Waals surface area contributed by atoms with Crippen molar-refractivity contribution in [2.45, 2.75) is 0 Å². The molecular weight excluding hydrogens is 693 g/mol. The summed E-state index contributed by atoms with van der Waals surface area (Å²) in [6, 6.07) is 74.4. The van der Waals surface area contributed by atoms with E-state index in [9.17, 15) is 0 Å². The lowest BCUT2D eigenvalue weighted by atomic mass is 9.95. The van der Waals surface area contributed by atoms with Gasteiger partial charge in [0.2, 0.25) is 0 Å². The molecule has 0 saturated heterocycles. The highest BCUT2D eigenvalue weighted by molar-refractivity contribution is 6.13. The lowest BCUT2D eigenvalue weighted by molar-refractivity contribution is 0.670. The fourth-order valence-corrected chi connectivity index (χ4v) is 9.13. The van der Waals surface area contributed by atoms with Crippen LogP contribution in [0.1, 0.15) is 0 Å². The lowest BCUT2D eigenvalue weighted by Crippen LogP contribution is -1.95. The second-order valence-electron chi connectivity index (χ2n) is 14.9. The molecule has 0 N–H and O–H groups in total. The highest BCUT2D eigenvalue weighted by Gasteiger charge is 2.19. The molecule has 0 bridgehead atoms. The minimum atomic E-state index is 0.889. The van der Waals surface area contributed by atoms with E-state index in [0.29, 0.717) is 0 Å². The Kier molecular flexibility index (Phi) is 6.93. The first-order chi connectivity index (χ1) is 28.3. The summed E-state index contributed by atoms with van der Waals surface area (Å²) >= 11 is 0. The van der Waals surface area contributed by atoms with Gasteiger partial charge in [-0.25, -0.2) is 0 Å². The largest absolute Gasteiger partial charge is 0.455 e. The van der Waals surface area contributed by atoms with Gasteiger partial charge in [-0.3, -0.25) is 0 Å². The molecule has 0 radical (unpaired) electrons. The van der Waals surface area contributed by atoms with Gasteiger partial charge < -0.3 is 13.6 Å². The number of nitrogens with zero attached hydrogens (tertiary/aromatic N) is 2. The molecule has 12 aromatic rings. The van der Waals surface area contributed by atoms with E-state index in [0.717, 1.165) is 55.6 Å².